The van der Waals surface area contributed by atoms with E-state index >= 15 is 0 Å². The molecule has 92 valence electrons. The van der Waals surface area contributed by atoms with Gasteiger partial charge in [0.15, 0.2) is 0 Å². The van der Waals surface area contributed by atoms with Gasteiger partial charge in [0, 0.05) is 32.0 Å². The van der Waals surface area contributed by atoms with Crippen molar-refractivity contribution in [3.8, 4) is 0 Å². The average Bonchev–Trinajstić information content (AvgIpc) is 3.20. The first-order chi connectivity index (χ1) is 8.13. The Labute approximate surface area is 102 Å². The first kappa shape index (κ1) is 11.9. The zero-order valence-electron chi connectivity index (χ0n) is 10.6. The summed E-state index contributed by atoms with van der Waals surface area (Å²) in [5.41, 5.74) is 1.42. The van der Waals surface area contributed by atoms with Crippen LogP contribution in [0.25, 0.3) is 0 Å². The van der Waals surface area contributed by atoms with Gasteiger partial charge in [-0.3, -0.25) is 9.78 Å². The summed E-state index contributed by atoms with van der Waals surface area (Å²) >= 11 is 0. The minimum absolute atomic E-state index is 0.00139. The van der Waals surface area contributed by atoms with Gasteiger partial charge in [0.05, 0.1) is 0 Å². The number of nitrogens with one attached hydrogen (secondary N) is 1. The van der Waals surface area contributed by atoms with E-state index < -0.39 is 0 Å². The predicted octanol–water partition coefficient (Wildman–Crippen LogP) is 1.99. The lowest BCUT2D eigenvalue weighted by Gasteiger charge is -2.24. The fraction of sp³-hybridized carbons (Fsp3) is 0.538. The fourth-order valence-electron chi connectivity index (χ4n) is 1.96. The molecule has 0 aromatic carbocycles. The highest BCUT2D eigenvalue weighted by atomic mass is 16.2. The summed E-state index contributed by atoms with van der Waals surface area (Å²) in [6.07, 6.45) is 4.14. The Morgan fingerprint density at radius 2 is 2.29 bits per heavy atom. The molecule has 0 saturated heterocycles. The molecule has 2 rings (SSSR count). The molecular formula is C13H19N3O. The second kappa shape index (κ2) is 4.73. The average molecular weight is 233 g/mol. The molecule has 0 spiro atoms. The molecule has 1 amide bonds. The number of aromatic nitrogens is 1. The maximum absolute atomic E-state index is 12.2. The van der Waals surface area contributed by atoms with Crippen molar-refractivity contribution in [2.75, 3.05) is 19.4 Å². The molecule has 4 nitrogen and oxygen atoms in total. The van der Waals surface area contributed by atoms with E-state index in [-0.39, 0.29) is 5.91 Å². The van der Waals surface area contributed by atoms with Crippen molar-refractivity contribution < 1.29 is 4.79 Å². The summed E-state index contributed by atoms with van der Waals surface area (Å²) in [7, 11) is 3.69. The molecule has 1 heterocycles. The third-order valence-corrected chi connectivity index (χ3v) is 3.50. The third-order valence-electron chi connectivity index (χ3n) is 3.50. The summed E-state index contributed by atoms with van der Waals surface area (Å²) in [5, 5.41) is 3.01. The molecule has 1 unspecified atom stereocenters. The van der Waals surface area contributed by atoms with Crippen LogP contribution in [0.2, 0.25) is 0 Å². The van der Waals surface area contributed by atoms with Crippen molar-refractivity contribution in [2.24, 2.45) is 5.92 Å². The molecule has 17 heavy (non-hydrogen) atoms. The second-order valence-electron chi connectivity index (χ2n) is 4.67. The molecule has 4 heteroatoms. The number of carbonyl (C=O) groups excluding carboxylic acids is 1. The third kappa shape index (κ3) is 2.57. The van der Waals surface area contributed by atoms with Gasteiger partial charge in [-0.25, -0.2) is 0 Å². The van der Waals surface area contributed by atoms with Gasteiger partial charge in [-0.2, -0.15) is 0 Å². The van der Waals surface area contributed by atoms with Gasteiger partial charge in [-0.15, -0.1) is 0 Å². The van der Waals surface area contributed by atoms with Gasteiger partial charge in [-0.1, -0.05) is 0 Å². The first-order valence-corrected chi connectivity index (χ1v) is 6.04. The number of hydrogen-bond donors (Lipinski definition) is 1. The number of hydrogen-bond acceptors (Lipinski definition) is 3. The van der Waals surface area contributed by atoms with E-state index in [2.05, 4.69) is 17.2 Å². The van der Waals surface area contributed by atoms with Crippen LogP contribution in [0.15, 0.2) is 18.3 Å². The monoisotopic (exact) mass is 233 g/mol. The van der Waals surface area contributed by atoms with Gasteiger partial charge >= 0.3 is 0 Å². The quantitative estimate of drug-likeness (QED) is 0.865. The van der Waals surface area contributed by atoms with Crippen LogP contribution in [0, 0.1) is 5.92 Å². The van der Waals surface area contributed by atoms with E-state index in [0.717, 1.165) is 5.69 Å². The molecule has 1 N–H and O–H groups in total. The Bertz CT molecular complexity index is 415. The highest BCUT2D eigenvalue weighted by Gasteiger charge is 2.33. The van der Waals surface area contributed by atoms with Crippen molar-refractivity contribution >= 4 is 11.6 Å². The number of anilines is 1. The van der Waals surface area contributed by atoms with E-state index in [1.807, 2.05) is 20.2 Å². The molecular weight excluding hydrogens is 214 g/mol. The minimum Gasteiger partial charge on any atom is -0.388 e. The molecule has 1 fully saturated rings. The maximum Gasteiger partial charge on any atom is 0.272 e. The zero-order chi connectivity index (χ0) is 12.4. The van der Waals surface area contributed by atoms with Crippen molar-refractivity contribution in [3.63, 3.8) is 0 Å². The van der Waals surface area contributed by atoms with Gasteiger partial charge in [0.1, 0.15) is 5.69 Å². The van der Waals surface area contributed by atoms with Gasteiger partial charge in [0.2, 0.25) is 0 Å². The Balaban J connectivity index is 2.11. The molecule has 0 aliphatic heterocycles. The molecule has 0 bridgehead atoms. The van der Waals surface area contributed by atoms with Crippen LogP contribution in [0.5, 0.6) is 0 Å². The van der Waals surface area contributed by atoms with Crippen LogP contribution >= 0.6 is 0 Å². The molecule has 1 aliphatic carbocycles. The number of amides is 1. The smallest absolute Gasteiger partial charge is 0.272 e. The van der Waals surface area contributed by atoms with E-state index in [1.54, 1.807) is 17.2 Å². The Morgan fingerprint density at radius 1 is 1.59 bits per heavy atom. The summed E-state index contributed by atoms with van der Waals surface area (Å²) in [4.78, 5) is 18.2. The second-order valence-corrected chi connectivity index (χ2v) is 4.67. The minimum atomic E-state index is 0.00139. The Morgan fingerprint density at radius 3 is 2.88 bits per heavy atom. The van der Waals surface area contributed by atoms with Crippen molar-refractivity contribution in [1.29, 1.82) is 0 Å². The topological polar surface area (TPSA) is 45.2 Å². The van der Waals surface area contributed by atoms with Crippen molar-refractivity contribution in [1.82, 2.24) is 9.88 Å². The number of carbonyl (C=O) groups is 1. The highest BCUT2D eigenvalue weighted by molar-refractivity contribution is 5.93. The van der Waals surface area contributed by atoms with Crippen molar-refractivity contribution in [3.05, 3.63) is 24.0 Å². The Hall–Kier alpha value is -1.58. The number of rotatable bonds is 4. The number of nitrogens with zero attached hydrogens (tertiary/aromatic N) is 2. The van der Waals surface area contributed by atoms with E-state index in [0.29, 0.717) is 17.7 Å². The molecule has 1 aromatic rings. The number of pyridine rings is 1. The highest BCUT2D eigenvalue weighted by Crippen LogP contribution is 2.35. The summed E-state index contributed by atoms with van der Waals surface area (Å²) in [6.45, 7) is 2.11. The molecule has 1 aromatic heterocycles. The van der Waals surface area contributed by atoms with Gasteiger partial charge in [-0.05, 0) is 37.8 Å². The summed E-state index contributed by atoms with van der Waals surface area (Å²) < 4.78 is 0. The first-order valence-electron chi connectivity index (χ1n) is 6.04. The van der Waals surface area contributed by atoms with E-state index in [9.17, 15) is 4.79 Å². The SMILES string of the molecule is CNc1ccnc(C(=O)N(C)C(C)C2CC2)c1. The lowest BCUT2D eigenvalue weighted by Crippen LogP contribution is -2.36. The summed E-state index contributed by atoms with van der Waals surface area (Å²) in [6, 6.07) is 3.95. The van der Waals surface area contributed by atoms with Crippen LogP contribution in [0.3, 0.4) is 0 Å². The largest absolute Gasteiger partial charge is 0.388 e. The lowest BCUT2D eigenvalue weighted by molar-refractivity contribution is 0.0721. The fourth-order valence-corrected chi connectivity index (χ4v) is 1.96. The molecule has 1 atom stereocenters. The summed E-state index contributed by atoms with van der Waals surface area (Å²) in [5.74, 6) is 0.679. The molecule has 1 aliphatic rings. The van der Waals surface area contributed by atoms with Crippen LogP contribution in [0.4, 0.5) is 5.69 Å². The van der Waals surface area contributed by atoms with Crippen LogP contribution in [-0.2, 0) is 0 Å². The van der Waals surface area contributed by atoms with Crippen LogP contribution < -0.4 is 5.32 Å². The standard InChI is InChI=1S/C13H19N3O/c1-9(10-4-5-10)16(3)13(17)12-8-11(14-2)6-7-15-12/h6-10H,4-5H2,1-3H3,(H,14,15). The zero-order valence-corrected chi connectivity index (χ0v) is 10.6. The Kier molecular flexibility index (Phi) is 3.31. The molecule has 1 saturated carbocycles. The van der Waals surface area contributed by atoms with E-state index in [1.165, 1.54) is 12.8 Å². The molecule has 0 radical (unpaired) electrons. The van der Waals surface area contributed by atoms with Gasteiger partial charge in [0.25, 0.3) is 5.91 Å². The maximum atomic E-state index is 12.2. The normalized spacial score (nSPS) is 16.4. The lowest BCUT2D eigenvalue weighted by atomic mass is 10.2. The van der Waals surface area contributed by atoms with E-state index in [4.69, 9.17) is 0 Å². The predicted molar refractivity (Wildman–Crippen MR) is 68.1 cm³/mol. The van der Waals surface area contributed by atoms with Gasteiger partial charge < -0.3 is 10.2 Å². The van der Waals surface area contributed by atoms with Crippen LogP contribution in [-0.4, -0.2) is 35.9 Å². The van der Waals surface area contributed by atoms with Crippen LogP contribution in [0.1, 0.15) is 30.3 Å². The van der Waals surface area contributed by atoms with Crippen molar-refractivity contribution in [2.45, 2.75) is 25.8 Å².